The number of aryl methyl sites for hydroxylation is 2. The van der Waals surface area contributed by atoms with Crippen LogP contribution in [0.4, 0.5) is 0 Å². The Hall–Kier alpha value is -1.89. The van der Waals surface area contributed by atoms with Crippen molar-refractivity contribution in [1.29, 1.82) is 0 Å². The number of nitrogens with zero attached hydrogens (tertiary/aromatic N) is 4. The van der Waals surface area contributed by atoms with E-state index in [0.717, 1.165) is 4.57 Å². The van der Waals surface area contributed by atoms with Crippen LogP contribution in [0.15, 0.2) is 15.9 Å². The van der Waals surface area contributed by atoms with Crippen LogP contribution >= 0.6 is 0 Å². The lowest BCUT2D eigenvalue weighted by atomic mass is 10.5. The third kappa shape index (κ3) is 2.14. The van der Waals surface area contributed by atoms with Gasteiger partial charge < -0.3 is 9.67 Å². The van der Waals surface area contributed by atoms with Crippen LogP contribution in [0.2, 0.25) is 0 Å². The van der Waals surface area contributed by atoms with E-state index in [-0.39, 0.29) is 17.9 Å². The highest BCUT2D eigenvalue weighted by molar-refractivity contribution is 5.69. The highest BCUT2D eigenvalue weighted by Gasteiger charge is 2.11. The molecule has 0 aromatic carbocycles. The van der Waals surface area contributed by atoms with Crippen molar-refractivity contribution in [3.63, 3.8) is 0 Å². The molecule has 0 unspecified atom stereocenters. The maximum absolute atomic E-state index is 11.7. The summed E-state index contributed by atoms with van der Waals surface area (Å²) >= 11 is 0. The van der Waals surface area contributed by atoms with Gasteiger partial charge in [0.2, 0.25) is 0 Å². The Balaban J connectivity index is 0.000000437. The van der Waals surface area contributed by atoms with Gasteiger partial charge in [-0.2, -0.15) is 0 Å². The van der Waals surface area contributed by atoms with Crippen LogP contribution in [0.25, 0.3) is 11.2 Å². The van der Waals surface area contributed by atoms with Crippen molar-refractivity contribution < 1.29 is 5.11 Å². The van der Waals surface area contributed by atoms with Gasteiger partial charge in [0.25, 0.3) is 5.56 Å². The zero-order valence-corrected chi connectivity index (χ0v) is 10.3. The zero-order chi connectivity index (χ0) is 13.2. The van der Waals surface area contributed by atoms with E-state index in [2.05, 4.69) is 4.98 Å². The number of rotatable bonds is 0. The number of fused-ring (bicyclic) bond motifs is 1. The monoisotopic (exact) mass is 240 g/mol. The minimum absolute atomic E-state index is 0.250. The van der Waals surface area contributed by atoms with E-state index in [1.165, 1.54) is 17.9 Å². The third-order valence-corrected chi connectivity index (χ3v) is 2.32. The molecule has 0 spiro atoms. The molecule has 0 aliphatic heterocycles. The molecule has 0 atom stereocenters. The molecule has 2 heterocycles. The fourth-order valence-electron chi connectivity index (χ4n) is 1.47. The summed E-state index contributed by atoms with van der Waals surface area (Å²) in [6.07, 6.45) is 1.52. The van der Waals surface area contributed by atoms with E-state index < -0.39 is 0 Å². The predicted octanol–water partition coefficient (Wildman–Crippen LogP) is -1.03. The van der Waals surface area contributed by atoms with Gasteiger partial charge in [-0.05, 0) is 6.92 Å². The Morgan fingerprint density at radius 1 is 1.24 bits per heavy atom. The summed E-state index contributed by atoms with van der Waals surface area (Å²) in [6.45, 7) is 1.93. The summed E-state index contributed by atoms with van der Waals surface area (Å²) in [5.74, 6) is 0. The van der Waals surface area contributed by atoms with Crippen molar-refractivity contribution in [1.82, 2.24) is 18.7 Å². The molecule has 17 heavy (non-hydrogen) atoms. The van der Waals surface area contributed by atoms with Crippen molar-refractivity contribution >= 4 is 11.2 Å². The van der Waals surface area contributed by atoms with Gasteiger partial charge in [0.15, 0.2) is 11.2 Å². The first-order valence-electron chi connectivity index (χ1n) is 5.13. The Morgan fingerprint density at radius 2 is 1.76 bits per heavy atom. The maximum Gasteiger partial charge on any atom is 0.332 e. The molecule has 0 amide bonds. The summed E-state index contributed by atoms with van der Waals surface area (Å²) in [6, 6.07) is 0. The Kier molecular flexibility index (Phi) is 3.84. The van der Waals surface area contributed by atoms with Crippen LogP contribution in [0, 0.1) is 0 Å². The van der Waals surface area contributed by atoms with Gasteiger partial charge in [0, 0.05) is 27.7 Å². The summed E-state index contributed by atoms with van der Waals surface area (Å²) in [5.41, 5.74) is 0.180. The quantitative estimate of drug-likeness (QED) is 0.638. The minimum Gasteiger partial charge on any atom is -0.397 e. The lowest BCUT2D eigenvalue weighted by Gasteiger charge is -2.02. The molecule has 0 radical (unpaired) electrons. The van der Waals surface area contributed by atoms with Gasteiger partial charge in [-0.25, -0.2) is 9.78 Å². The first-order chi connectivity index (χ1) is 7.95. The normalized spacial score (nSPS) is 10.2. The van der Waals surface area contributed by atoms with Crippen molar-refractivity contribution in [2.75, 3.05) is 6.61 Å². The van der Waals surface area contributed by atoms with E-state index >= 15 is 0 Å². The van der Waals surface area contributed by atoms with E-state index in [9.17, 15) is 9.59 Å². The van der Waals surface area contributed by atoms with E-state index in [1.807, 2.05) is 0 Å². The fraction of sp³-hybridized carbons (Fsp3) is 0.500. The molecule has 94 valence electrons. The van der Waals surface area contributed by atoms with Crippen LogP contribution in [0.3, 0.4) is 0 Å². The molecule has 2 rings (SSSR count). The Labute approximate surface area is 97.6 Å². The molecule has 7 nitrogen and oxygen atoms in total. The standard InChI is InChI=1S/C8H10N4O2.C2H6O/c1-10-4-9-6-5(10)7(13)12(3)8(14)11(6)2;1-2-3/h4H,1-3H3;3H,2H2,1H3. The maximum atomic E-state index is 11.7. The SMILES string of the molecule is CCO.Cn1c(=O)c2c(ncn2C)n(C)c1=O. The van der Waals surface area contributed by atoms with Crippen molar-refractivity contribution in [3.8, 4) is 0 Å². The number of hydrogen-bond acceptors (Lipinski definition) is 4. The van der Waals surface area contributed by atoms with E-state index in [1.54, 1.807) is 25.6 Å². The lowest BCUT2D eigenvalue weighted by molar-refractivity contribution is 0.318. The number of aliphatic hydroxyl groups is 1. The number of hydrogen-bond donors (Lipinski definition) is 1. The molecule has 0 saturated heterocycles. The van der Waals surface area contributed by atoms with Gasteiger partial charge in [-0.1, -0.05) is 0 Å². The number of aromatic nitrogens is 4. The van der Waals surface area contributed by atoms with Crippen molar-refractivity contribution in [2.45, 2.75) is 6.92 Å². The van der Waals surface area contributed by atoms with Gasteiger partial charge in [-0.3, -0.25) is 13.9 Å². The Bertz CT molecular complexity index is 635. The smallest absolute Gasteiger partial charge is 0.332 e. The molecule has 0 aliphatic carbocycles. The fourth-order valence-corrected chi connectivity index (χ4v) is 1.47. The van der Waals surface area contributed by atoms with Crippen molar-refractivity contribution in [3.05, 3.63) is 27.2 Å². The highest BCUT2D eigenvalue weighted by atomic mass is 16.2. The van der Waals surface area contributed by atoms with Crippen LogP contribution in [0.5, 0.6) is 0 Å². The summed E-state index contributed by atoms with van der Waals surface area (Å²) in [5, 5.41) is 7.57. The average Bonchev–Trinajstić information content (AvgIpc) is 2.67. The van der Waals surface area contributed by atoms with Gasteiger partial charge in [0.1, 0.15) is 0 Å². The zero-order valence-electron chi connectivity index (χ0n) is 10.3. The summed E-state index contributed by atoms with van der Waals surface area (Å²) < 4.78 is 4.04. The summed E-state index contributed by atoms with van der Waals surface area (Å²) in [7, 11) is 4.77. The highest BCUT2D eigenvalue weighted by Crippen LogP contribution is 2.01. The van der Waals surface area contributed by atoms with Gasteiger partial charge in [-0.15, -0.1) is 0 Å². The van der Waals surface area contributed by atoms with Crippen LogP contribution in [-0.2, 0) is 21.1 Å². The van der Waals surface area contributed by atoms with Crippen LogP contribution in [0.1, 0.15) is 6.92 Å². The second-order valence-electron chi connectivity index (χ2n) is 3.55. The summed E-state index contributed by atoms with van der Waals surface area (Å²) in [4.78, 5) is 27.2. The van der Waals surface area contributed by atoms with Crippen molar-refractivity contribution in [2.24, 2.45) is 21.1 Å². The first kappa shape index (κ1) is 13.2. The largest absolute Gasteiger partial charge is 0.397 e. The minimum atomic E-state index is -0.360. The van der Waals surface area contributed by atoms with Gasteiger partial charge >= 0.3 is 5.69 Å². The van der Waals surface area contributed by atoms with Crippen LogP contribution in [-0.4, -0.2) is 30.4 Å². The topological polar surface area (TPSA) is 82.1 Å². The molecular weight excluding hydrogens is 224 g/mol. The number of imidazole rings is 1. The van der Waals surface area contributed by atoms with E-state index in [4.69, 9.17) is 5.11 Å². The molecule has 1 N–H and O–H groups in total. The predicted molar refractivity (Wildman–Crippen MR) is 64.0 cm³/mol. The number of aliphatic hydroxyl groups excluding tert-OH is 1. The molecular formula is C10H16N4O3. The molecule has 0 bridgehead atoms. The second kappa shape index (κ2) is 4.96. The molecule has 2 aromatic heterocycles. The van der Waals surface area contributed by atoms with Gasteiger partial charge in [0.05, 0.1) is 6.33 Å². The molecule has 0 aliphatic rings. The third-order valence-electron chi connectivity index (χ3n) is 2.32. The van der Waals surface area contributed by atoms with Crippen LogP contribution < -0.4 is 11.2 Å². The molecule has 2 aromatic rings. The first-order valence-corrected chi connectivity index (χ1v) is 5.13. The lowest BCUT2D eigenvalue weighted by Crippen LogP contribution is -2.37. The Morgan fingerprint density at radius 3 is 2.29 bits per heavy atom. The van der Waals surface area contributed by atoms with E-state index in [0.29, 0.717) is 11.2 Å². The second-order valence-corrected chi connectivity index (χ2v) is 3.55. The molecule has 0 fully saturated rings. The molecule has 0 saturated carbocycles. The molecule has 7 heteroatoms. The average molecular weight is 240 g/mol.